The van der Waals surface area contributed by atoms with Gasteiger partial charge in [-0.1, -0.05) is 42.5 Å². The third-order valence-corrected chi connectivity index (χ3v) is 6.40. The molecule has 0 bridgehead atoms. The molecule has 1 aliphatic rings. The Bertz CT molecular complexity index is 1420. The standard InChI is InChI=1S/C29H33FN4O6/c1-29(2,3)40-28(38)34-16-21(39-17-19-8-6-5-7-9-19)14-22(34)25-32-23(24(35)27(37)33(25)4)26(36)31-15-18-10-12-20(30)13-11-18/h5-13,21-22,35H,14-17H2,1-4H3,(H,31,36)/t21-,22+/m1/s1. The molecule has 10 nitrogen and oxygen atoms in total. The first kappa shape index (κ1) is 28.8. The molecule has 0 radical (unpaired) electrons. The summed E-state index contributed by atoms with van der Waals surface area (Å²) in [6.07, 6.45) is -0.736. The second kappa shape index (κ2) is 11.9. The zero-order chi connectivity index (χ0) is 29.0. The Hall–Kier alpha value is -4.25. The average molecular weight is 553 g/mol. The van der Waals surface area contributed by atoms with Crippen LogP contribution in [0.3, 0.4) is 0 Å². The van der Waals surface area contributed by atoms with Crippen LogP contribution in [0.25, 0.3) is 0 Å². The number of hydrogen-bond acceptors (Lipinski definition) is 7. The molecule has 1 saturated heterocycles. The van der Waals surface area contributed by atoms with Gasteiger partial charge in [0.05, 0.1) is 25.3 Å². The van der Waals surface area contributed by atoms with Crippen molar-refractivity contribution in [3.8, 4) is 5.75 Å². The molecular weight excluding hydrogens is 519 g/mol. The van der Waals surface area contributed by atoms with Gasteiger partial charge in [0.15, 0.2) is 5.69 Å². The van der Waals surface area contributed by atoms with Crippen molar-refractivity contribution in [1.82, 2.24) is 19.8 Å². The zero-order valence-electron chi connectivity index (χ0n) is 22.9. The molecule has 3 aromatic rings. The molecule has 2 atom stereocenters. The number of aromatic nitrogens is 2. The first-order valence-corrected chi connectivity index (χ1v) is 12.9. The molecule has 2 heterocycles. The van der Waals surface area contributed by atoms with Gasteiger partial charge >= 0.3 is 6.09 Å². The number of nitrogens with zero attached hydrogens (tertiary/aromatic N) is 3. The maximum absolute atomic E-state index is 13.2. The number of rotatable bonds is 7. The van der Waals surface area contributed by atoms with Crippen LogP contribution in [0.4, 0.5) is 9.18 Å². The highest BCUT2D eigenvalue weighted by molar-refractivity contribution is 5.94. The summed E-state index contributed by atoms with van der Waals surface area (Å²) in [5, 5.41) is 13.1. The van der Waals surface area contributed by atoms with Gasteiger partial charge in [-0.15, -0.1) is 0 Å². The molecule has 1 fully saturated rings. The number of halogens is 1. The predicted molar refractivity (Wildman–Crippen MR) is 144 cm³/mol. The van der Waals surface area contributed by atoms with Gasteiger partial charge in [-0.3, -0.25) is 19.1 Å². The van der Waals surface area contributed by atoms with Gasteiger partial charge in [-0.2, -0.15) is 0 Å². The van der Waals surface area contributed by atoms with Crippen molar-refractivity contribution in [2.45, 2.75) is 58.1 Å². The van der Waals surface area contributed by atoms with Gasteiger partial charge in [0.2, 0.25) is 5.75 Å². The van der Waals surface area contributed by atoms with Crippen LogP contribution in [0.1, 0.15) is 60.7 Å². The summed E-state index contributed by atoms with van der Waals surface area (Å²) in [5.41, 5.74) is -0.508. The monoisotopic (exact) mass is 552 g/mol. The molecule has 40 heavy (non-hydrogen) atoms. The summed E-state index contributed by atoms with van der Waals surface area (Å²) in [6.45, 7) is 5.76. The molecular formula is C29H33FN4O6. The quantitative estimate of drug-likeness (QED) is 0.457. The number of carbonyl (C=O) groups excluding carboxylic acids is 2. The maximum Gasteiger partial charge on any atom is 0.411 e. The van der Waals surface area contributed by atoms with Gasteiger partial charge in [-0.25, -0.2) is 14.2 Å². The Morgan fingerprint density at radius 1 is 1.10 bits per heavy atom. The molecule has 1 aromatic heterocycles. The van der Waals surface area contributed by atoms with Crippen LogP contribution in [-0.4, -0.2) is 49.8 Å². The van der Waals surface area contributed by atoms with Crippen molar-refractivity contribution >= 4 is 12.0 Å². The molecule has 0 saturated carbocycles. The van der Waals surface area contributed by atoms with Crippen LogP contribution in [0.5, 0.6) is 5.75 Å². The highest BCUT2D eigenvalue weighted by Crippen LogP contribution is 2.34. The smallest absolute Gasteiger partial charge is 0.411 e. The Balaban J connectivity index is 1.61. The first-order valence-electron chi connectivity index (χ1n) is 12.9. The van der Waals surface area contributed by atoms with Crippen molar-refractivity contribution < 1.29 is 28.6 Å². The fourth-order valence-corrected chi connectivity index (χ4v) is 4.40. The van der Waals surface area contributed by atoms with Crippen LogP contribution in [0.15, 0.2) is 59.4 Å². The number of aromatic hydroxyl groups is 1. The number of likely N-dealkylation sites (tertiary alicyclic amines) is 1. The van der Waals surface area contributed by atoms with E-state index in [1.54, 1.807) is 20.8 Å². The van der Waals surface area contributed by atoms with E-state index in [2.05, 4.69) is 10.3 Å². The van der Waals surface area contributed by atoms with Crippen molar-refractivity contribution in [2.24, 2.45) is 7.05 Å². The summed E-state index contributed by atoms with van der Waals surface area (Å²) >= 11 is 0. The van der Waals surface area contributed by atoms with E-state index in [0.29, 0.717) is 12.2 Å². The van der Waals surface area contributed by atoms with E-state index < -0.39 is 52.6 Å². The molecule has 2 amide bonds. The van der Waals surface area contributed by atoms with E-state index in [0.717, 1.165) is 10.1 Å². The van der Waals surface area contributed by atoms with E-state index >= 15 is 0 Å². The molecule has 1 aliphatic heterocycles. The lowest BCUT2D eigenvalue weighted by Gasteiger charge is -2.29. The summed E-state index contributed by atoms with van der Waals surface area (Å²) in [5.74, 6) is -1.92. The van der Waals surface area contributed by atoms with Crippen LogP contribution >= 0.6 is 0 Å². The van der Waals surface area contributed by atoms with Crippen LogP contribution in [0, 0.1) is 5.82 Å². The van der Waals surface area contributed by atoms with Gasteiger partial charge in [0.25, 0.3) is 11.5 Å². The average Bonchev–Trinajstić information content (AvgIpc) is 3.34. The summed E-state index contributed by atoms with van der Waals surface area (Å²) in [4.78, 5) is 44.9. The highest BCUT2D eigenvalue weighted by atomic mass is 19.1. The number of ether oxygens (including phenoxy) is 2. The summed E-state index contributed by atoms with van der Waals surface area (Å²) < 4.78 is 26.0. The molecule has 11 heteroatoms. The third kappa shape index (κ3) is 6.84. The molecule has 0 spiro atoms. The number of benzene rings is 2. The largest absolute Gasteiger partial charge is 0.501 e. The number of carbonyl (C=O) groups is 2. The van der Waals surface area contributed by atoms with Crippen molar-refractivity contribution in [2.75, 3.05) is 6.54 Å². The lowest BCUT2D eigenvalue weighted by atomic mass is 10.1. The fraction of sp³-hybridized carbons (Fsp3) is 0.379. The molecule has 2 N–H and O–H groups in total. The second-order valence-electron chi connectivity index (χ2n) is 10.6. The van der Waals surface area contributed by atoms with Crippen LogP contribution < -0.4 is 10.9 Å². The molecule has 0 unspecified atom stereocenters. The maximum atomic E-state index is 13.2. The molecule has 2 aromatic carbocycles. The van der Waals surface area contributed by atoms with Crippen molar-refractivity contribution in [3.63, 3.8) is 0 Å². The van der Waals surface area contributed by atoms with E-state index in [1.807, 2.05) is 30.3 Å². The van der Waals surface area contributed by atoms with E-state index in [1.165, 1.54) is 36.2 Å². The molecule has 0 aliphatic carbocycles. The minimum Gasteiger partial charge on any atom is -0.501 e. The number of nitrogens with one attached hydrogen (secondary N) is 1. The van der Waals surface area contributed by atoms with Crippen LogP contribution in [0.2, 0.25) is 0 Å². The van der Waals surface area contributed by atoms with Crippen LogP contribution in [-0.2, 0) is 29.7 Å². The van der Waals surface area contributed by atoms with E-state index in [9.17, 15) is 23.9 Å². The third-order valence-electron chi connectivity index (χ3n) is 6.40. The lowest BCUT2D eigenvalue weighted by Crippen LogP contribution is -2.39. The van der Waals surface area contributed by atoms with Crippen molar-refractivity contribution in [3.05, 3.63) is 93.4 Å². The Kier molecular flexibility index (Phi) is 8.53. The highest BCUT2D eigenvalue weighted by Gasteiger charge is 2.41. The number of hydrogen-bond donors (Lipinski definition) is 2. The molecule has 212 valence electrons. The minimum absolute atomic E-state index is 0.0215. The summed E-state index contributed by atoms with van der Waals surface area (Å²) in [6, 6.07) is 14.3. The van der Waals surface area contributed by atoms with Gasteiger partial charge < -0.3 is 19.9 Å². The SMILES string of the molecule is Cn1c([C@@H]2C[C@@H](OCc3ccccc3)CN2C(=O)OC(C)(C)C)nc(C(=O)NCc2ccc(F)cc2)c(O)c1=O. The van der Waals surface area contributed by atoms with Gasteiger partial charge in [0, 0.05) is 20.0 Å². The van der Waals surface area contributed by atoms with Gasteiger partial charge in [0.1, 0.15) is 17.2 Å². The Morgan fingerprint density at radius 2 is 1.77 bits per heavy atom. The lowest BCUT2D eigenvalue weighted by molar-refractivity contribution is 0.0143. The van der Waals surface area contributed by atoms with Crippen molar-refractivity contribution in [1.29, 1.82) is 0 Å². The summed E-state index contributed by atoms with van der Waals surface area (Å²) in [7, 11) is 1.41. The Labute approximate surface area is 231 Å². The number of amides is 2. The second-order valence-corrected chi connectivity index (χ2v) is 10.6. The predicted octanol–water partition coefficient (Wildman–Crippen LogP) is 3.82. The van der Waals surface area contributed by atoms with Gasteiger partial charge in [-0.05, 0) is 44.0 Å². The first-order chi connectivity index (χ1) is 18.9. The minimum atomic E-state index is -0.838. The molecule has 4 rings (SSSR count). The zero-order valence-corrected chi connectivity index (χ0v) is 22.9. The Morgan fingerprint density at radius 3 is 2.42 bits per heavy atom. The van der Waals surface area contributed by atoms with E-state index in [4.69, 9.17) is 9.47 Å². The normalized spacial score (nSPS) is 17.1. The van der Waals surface area contributed by atoms with E-state index in [-0.39, 0.29) is 25.3 Å². The fourth-order valence-electron chi connectivity index (χ4n) is 4.40. The topological polar surface area (TPSA) is 123 Å².